The Hall–Kier alpha value is -4.69. The van der Waals surface area contributed by atoms with E-state index in [-0.39, 0.29) is 5.41 Å². The first kappa shape index (κ1) is 27.8. The van der Waals surface area contributed by atoms with Crippen molar-refractivity contribution in [3.63, 3.8) is 0 Å². The van der Waals surface area contributed by atoms with Crippen molar-refractivity contribution in [2.24, 2.45) is 5.41 Å². The molecule has 4 heterocycles. The molecule has 8 rings (SSSR count). The van der Waals surface area contributed by atoms with Crippen molar-refractivity contribution < 1.29 is 9.90 Å². The minimum atomic E-state index is -0.893. The van der Waals surface area contributed by atoms with Gasteiger partial charge in [0, 0.05) is 6.54 Å². The molecule has 0 spiro atoms. The number of nitrogens with zero attached hydrogens (tertiary/aromatic N) is 3. The number of hydrogen-bond donors (Lipinski definition) is 4. The van der Waals surface area contributed by atoms with Crippen LogP contribution in [0.5, 0.6) is 0 Å². The van der Waals surface area contributed by atoms with Crippen LogP contribution in [-0.2, 0) is 5.54 Å². The van der Waals surface area contributed by atoms with Crippen LogP contribution in [-0.4, -0.2) is 49.1 Å². The Bertz CT molecular complexity index is 2100. The number of carboxylic acid groups (broad SMARTS) is 1. The van der Waals surface area contributed by atoms with Crippen LogP contribution in [0.15, 0.2) is 72.8 Å². The van der Waals surface area contributed by atoms with E-state index in [1.165, 1.54) is 22.8 Å². The van der Waals surface area contributed by atoms with Crippen molar-refractivity contribution in [2.75, 3.05) is 13.1 Å². The molecule has 0 saturated carbocycles. The number of likely N-dealkylation sites (tertiary alicyclic amines) is 1. The van der Waals surface area contributed by atoms with Crippen LogP contribution in [0.1, 0.15) is 64.1 Å². The van der Waals surface area contributed by atoms with Gasteiger partial charge in [0.15, 0.2) is 0 Å². The predicted molar refractivity (Wildman–Crippen MR) is 179 cm³/mol. The van der Waals surface area contributed by atoms with Gasteiger partial charge in [-0.25, -0.2) is 14.8 Å². The fourth-order valence-corrected chi connectivity index (χ4v) is 7.73. The molecule has 45 heavy (non-hydrogen) atoms. The second kappa shape index (κ2) is 10.2. The highest BCUT2D eigenvalue weighted by molar-refractivity contribution is 5.93. The van der Waals surface area contributed by atoms with E-state index < -0.39 is 11.6 Å². The fourth-order valence-electron chi connectivity index (χ4n) is 7.73. The summed E-state index contributed by atoms with van der Waals surface area (Å²) in [6.07, 6.45) is 2.99. The number of rotatable bonds is 4. The summed E-state index contributed by atoms with van der Waals surface area (Å²) < 4.78 is 0. The summed E-state index contributed by atoms with van der Waals surface area (Å²) in [5.74, 6) is 1.76. The molecule has 8 nitrogen and oxygen atoms in total. The van der Waals surface area contributed by atoms with E-state index in [2.05, 4.69) is 109 Å². The number of H-pyrrole nitrogens is 2. The molecule has 4 aromatic carbocycles. The zero-order valence-electron chi connectivity index (χ0n) is 25.9. The molecule has 0 bridgehead atoms. The molecule has 1 amide bonds. The highest BCUT2D eigenvalue weighted by atomic mass is 16.4. The van der Waals surface area contributed by atoms with Gasteiger partial charge in [-0.1, -0.05) is 57.2 Å². The topological polar surface area (TPSA) is 110 Å². The van der Waals surface area contributed by atoms with Crippen LogP contribution in [0.3, 0.4) is 0 Å². The lowest BCUT2D eigenvalue weighted by atomic mass is 9.71. The van der Waals surface area contributed by atoms with E-state index in [0.29, 0.717) is 12.6 Å². The number of aromatic nitrogens is 4. The monoisotopic (exact) mass is 598 g/mol. The summed E-state index contributed by atoms with van der Waals surface area (Å²) in [6.45, 7) is 7.88. The van der Waals surface area contributed by atoms with E-state index in [1.807, 2.05) is 0 Å². The fraction of sp³-hybridized carbons (Fsp3) is 0.324. The highest BCUT2D eigenvalue weighted by Crippen LogP contribution is 2.50. The van der Waals surface area contributed by atoms with Crippen molar-refractivity contribution in [1.29, 1.82) is 0 Å². The average Bonchev–Trinajstić information content (AvgIpc) is 3.84. The standard InChI is InChI=1S/C37H38N6O2/c1-36(2,3)37(15-5-17-43(37)35(44)45)34-41-29-14-12-27(21-32(29)42-34)25-10-8-22-18-24(9-7-23(22)19-25)26-11-13-28-31(20-26)40-33(39-28)30-6-4-16-38-30/h7-14,18-21,30,38H,4-6,15-17H2,1-3H3,(H,39,40)(H,41,42)(H,44,45)/t30-,37+/m0/s1. The quantitative estimate of drug-likeness (QED) is 0.163. The largest absolute Gasteiger partial charge is 0.465 e. The third-order valence-corrected chi connectivity index (χ3v) is 10.1. The number of aromatic amines is 2. The molecule has 2 aliphatic rings. The molecule has 2 saturated heterocycles. The molecule has 2 aromatic heterocycles. The minimum Gasteiger partial charge on any atom is -0.465 e. The average molecular weight is 599 g/mol. The lowest BCUT2D eigenvalue weighted by molar-refractivity contribution is 0.0219. The van der Waals surface area contributed by atoms with Gasteiger partial charge in [0.1, 0.15) is 17.2 Å². The zero-order chi connectivity index (χ0) is 30.9. The molecular weight excluding hydrogens is 560 g/mol. The lowest BCUT2D eigenvalue weighted by Crippen LogP contribution is -2.53. The first-order chi connectivity index (χ1) is 21.7. The summed E-state index contributed by atoms with van der Waals surface area (Å²) in [4.78, 5) is 30.8. The van der Waals surface area contributed by atoms with Gasteiger partial charge >= 0.3 is 6.09 Å². The SMILES string of the molecule is CC(C)(C)[C@]1(c2nc3cc(-c4ccc5cc(-c6ccc7[nH]c([C@@H]8CCCN8)nc7c6)ccc5c4)ccc3[nH]2)CCCN1C(=O)O. The van der Waals surface area contributed by atoms with Crippen LogP contribution in [0.2, 0.25) is 0 Å². The van der Waals surface area contributed by atoms with E-state index in [4.69, 9.17) is 9.97 Å². The molecule has 8 heteroatoms. The summed E-state index contributed by atoms with van der Waals surface area (Å²) in [6, 6.07) is 26.3. The number of nitrogens with one attached hydrogen (secondary N) is 3. The molecule has 0 radical (unpaired) electrons. The van der Waals surface area contributed by atoms with E-state index in [0.717, 1.165) is 76.2 Å². The minimum absolute atomic E-state index is 0.321. The summed E-state index contributed by atoms with van der Waals surface area (Å²) >= 11 is 0. The number of carbonyl (C=O) groups is 1. The molecule has 4 N–H and O–H groups in total. The third kappa shape index (κ3) is 4.50. The number of imidazole rings is 2. The lowest BCUT2D eigenvalue weighted by Gasteiger charge is -2.45. The Labute approximate surface area is 261 Å². The van der Waals surface area contributed by atoms with Crippen LogP contribution in [0, 0.1) is 5.41 Å². The third-order valence-electron chi connectivity index (χ3n) is 10.1. The molecule has 0 unspecified atom stereocenters. The Morgan fingerprint density at radius 1 is 0.822 bits per heavy atom. The second-order valence-corrected chi connectivity index (χ2v) is 13.7. The van der Waals surface area contributed by atoms with Gasteiger partial charge in [0.05, 0.1) is 28.1 Å². The normalized spacial score (nSPS) is 20.6. The van der Waals surface area contributed by atoms with Crippen molar-refractivity contribution in [3.8, 4) is 22.3 Å². The van der Waals surface area contributed by atoms with Gasteiger partial charge in [0.25, 0.3) is 0 Å². The van der Waals surface area contributed by atoms with Crippen molar-refractivity contribution in [1.82, 2.24) is 30.2 Å². The van der Waals surface area contributed by atoms with Crippen LogP contribution < -0.4 is 5.32 Å². The molecule has 0 aliphatic carbocycles. The van der Waals surface area contributed by atoms with Crippen molar-refractivity contribution in [2.45, 2.75) is 58.0 Å². The summed E-state index contributed by atoms with van der Waals surface area (Å²) in [5.41, 5.74) is 7.33. The summed E-state index contributed by atoms with van der Waals surface area (Å²) in [7, 11) is 0. The number of hydrogen-bond acceptors (Lipinski definition) is 4. The first-order valence-corrected chi connectivity index (χ1v) is 16.0. The Morgan fingerprint density at radius 2 is 1.42 bits per heavy atom. The molecule has 2 atom stereocenters. The maximum atomic E-state index is 12.3. The molecule has 6 aromatic rings. The first-order valence-electron chi connectivity index (χ1n) is 16.0. The number of fused-ring (bicyclic) bond motifs is 3. The highest BCUT2D eigenvalue weighted by Gasteiger charge is 2.55. The van der Waals surface area contributed by atoms with Crippen molar-refractivity contribution in [3.05, 3.63) is 84.4 Å². The van der Waals surface area contributed by atoms with Crippen LogP contribution in [0.25, 0.3) is 55.1 Å². The van der Waals surface area contributed by atoms with Crippen LogP contribution in [0.4, 0.5) is 4.79 Å². The van der Waals surface area contributed by atoms with Crippen LogP contribution >= 0.6 is 0 Å². The Balaban J connectivity index is 1.10. The number of benzene rings is 4. The summed E-state index contributed by atoms with van der Waals surface area (Å²) in [5, 5.41) is 15.9. The van der Waals surface area contributed by atoms with Crippen molar-refractivity contribution >= 4 is 38.9 Å². The van der Waals surface area contributed by atoms with Gasteiger partial charge < -0.3 is 20.4 Å². The maximum Gasteiger partial charge on any atom is 0.408 e. The molecular formula is C37H38N6O2. The number of amides is 1. The van der Waals surface area contributed by atoms with Gasteiger partial charge in [-0.15, -0.1) is 0 Å². The maximum absolute atomic E-state index is 12.3. The van der Waals surface area contributed by atoms with Gasteiger partial charge in [-0.2, -0.15) is 0 Å². The Kier molecular flexibility index (Phi) is 6.29. The van der Waals surface area contributed by atoms with Gasteiger partial charge in [0.2, 0.25) is 0 Å². The van der Waals surface area contributed by atoms with E-state index in [9.17, 15) is 9.90 Å². The zero-order valence-corrected chi connectivity index (χ0v) is 25.9. The molecule has 2 fully saturated rings. The second-order valence-electron chi connectivity index (χ2n) is 13.7. The Morgan fingerprint density at radius 3 is 2.02 bits per heavy atom. The smallest absolute Gasteiger partial charge is 0.408 e. The van der Waals surface area contributed by atoms with Gasteiger partial charge in [-0.05, 0) is 107 Å². The van der Waals surface area contributed by atoms with Gasteiger partial charge in [-0.3, -0.25) is 4.90 Å². The van der Waals surface area contributed by atoms with E-state index in [1.54, 1.807) is 4.90 Å². The molecule has 2 aliphatic heterocycles. The molecule has 228 valence electrons. The predicted octanol–water partition coefficient (Wildman–Crippen LogP) is 8.37. The van der Waals surface area contributed by atoms with E-state index >= 15 is 0 Å².